The van der Waals surface area contributed by atoms with Gasteiger partial charge in [-0.05, 0) is 51.8 Å². The molecule has 2 amide bonds. The average molecular weight is 440 g/mol. The fourth-order valence-corrected chi connectivity index (χ4v) is 3.62. The minimum atomic E-state index is -0.937. The molecule has 1 fully saturated rings. The van der Waals surface area contributed by atoms with E-state index in [-0.39, 0.29) is 11.3 Å². The second-order valence-electron chi connectivity index (χ2n) is 9.95. The number of nitrogens with one attached hydrogen (secondary N) is 2. The Labute approximate surface area is 187 Å². The smallest absolute Gasteiger partial charge is 0.408 e. The average Bonchev–Trinajstić information content (AvgIpc) is 3.40. The number of carbonyl (C=O) groups excluding carboxylic acids is 2. The Morgan fingerprint density at radius 2 is 1.88 bits per heavy atom. The first-order valence-electron chi connectivity index (χ1n) is 10.7. The lowest BCUT2D eigenvalue weighted by molar-refractivity contribution is -0.119. The van der Waals surface area contributed by atoms with E-state index in [9.17, 15) is 9.59 Å². The minimum Gasteiger partial charge on any atom is -0.492 e. The molecule has 1 saturated carbocycles. The number of aromatic nitrogens is 1. The Hall–Kier alpha value is -3.29. The van der Waals surface area contributed by atoms with E-state index in [1.165, 1.54) is 6.20 Å². The van der Waals surface area contributed by atoms with Crippen LogP contribution in [-0.2, 0) is 14.9 Å². The number of carbonyl (C=O) groups is 2. The molecule has 2 heterocycles. The number of nitrogens with zero attached hydrogens (tertiary/aromatic N) is 1. The predicted molar refractivity (Wildman–Crippen MR) is 119 cm³/mol. The van der Waals surface area contributed by atoms with Gasteiger partial charge < -0.3 is 24.8 Å². The van der Waals surface area contributed by atoms with Gasteiger partial charge in [0.05, 0.1) is 18.5 Å². The van der Waals surface area contributed by atoms with E-state index in [1.807, 2.05) is 18.2 Å². The van der Waals surface area contributed by atoms with Crippen molar-refractivity contribution >= 4 is 17.7 Å². The standard InChI is InChI=1S/C24H29N3O5/c1-22(2,3)32-21(29)27-24(11-12-24)20(28)26-15-9-10-18(25-13-15)31-17-8-6-7-16-19(17)23(4,5)14-30-16/h6-10,13H,11-12,14H2,1-5H3,(H,26,28)(H,27,29). The van der Waals surface area contributed by atoms with Gasteiger partial charge in [0.1, 0.15) is 22.6 Å². The Bertz CT molecular complexity index is 1040. The zero-order valence-corrected chi connectivity index (χ0v) is 19.1. The fourth-order valence-electron chi connectivity index (χ4n) is 3.62. The highest BCUT2D eigenvalue weighted by molar-refractivity contribution is 6.02. The van der Waals surface area contributed by atoms with E-state index in [4.69, 9.17) is 14.2 Å². The van der Waals surface area contributed by atoms with Gasteiger partial charge >= 0.3 is 6.09 Å². The molecule has 0 radical (unpaired) electrons. The van der Waals surface area contributed by atoms with Gasteiger partial charge in [0.25, 0.3) is 0 Å². The molecule has 0 atom stereocenters. The van der Waals surface area contributed by atoms with Crippen LogP contribution in [0.2, 0.25) is 0 Å². The summed E-state index contributed by atoms with van der Waals surface area (Å²) in [6.07, 6.45) is 2.05. The van der Waals surface area contributed by atoms with Crippen molar-refractivity contribution in [1.82, 2.24) is 10.3 Å². The van der Waals surface area contributed by atoms with E-state index in [1.54, 1.807) is 32.9 Å². The number of anilines is 1. The van der Waals surface area contributed by atoms with Gasteiger partial charge in [0, 0.05) is 17.0 Å². The van der Waals surface area contributed by atoms with Gasteiger partial charge in [-0.2, -0.15) is 0 Å². The van der Waals surface area contributed by atoms with Crippen LogP contribution < -0.4 is 20.1 Å². The van der Waals surface area contributed by atoms with Gasteiger partial charge in [0.15, 0.2) is 0 Å². The summed E-state index contributed by atoms with van der Waals surface area (Å²) in [6, 6.07) is 9.12. The number of hydrogen-bond donors (Lipinski definition) is 2. The highest BCUT2D eigenvalue weighted by atomic mass is 16.6. The van der Waals surface area contributed by atoms with Crippen molar-refractivity contribution in [2.45, 2.75) is 64.0 Å². The van der Waals surface area contributed by atoms with Crippen molar-refractivity contribution in [3.05, 3.63) is 42.1 Å². The highest BCUT2D eigenvalue weighted by Crippen LogP contribution is 2.45. The second kappa shape index (κ2) is 7.69. The molecule has 2 aromatic rings. The van der Waals surface area contributed by atoms with Crippen molar-refractivity contribution in [2.75, 3.05) is 11.9 Å². The van der Waals surface area contributed by atoms with Crippen LogP contribution in [0.25, 0.3) is 0 Å². The molecule has 1 aliphatic carbocycles. The Morgan fingerprint density at radius 3 is 2.50 bits per heavy atom. The number of alkyl carbamates (subject to hydrolysis) is 1. The number of ether oxygens (including phenoxy) is 3. The number of pyridine rings is 1. The van der Waals surface area contributed by atoms with Crippen LogP contribution in [0, 0.1) is 0 Å². The van der Waals surface area contributed by atoms with Crippen molar-refractivity contribution in [2.24, 2.45) is 0 Å². The van der Waals surface area contributed by atoms with Crippen LogP contribution in [0.1, 0.15) is 53.0 Å². The van der Waals surface area contributed by atoms with E-state index >= 15 is 0 Å². The zero-order chi connectivity index (χ0) is 23.1. The third-order valence-corrected chi connectivity index (χ3v) is 5.39. The minimum absolute atomic E-state index is 0.153. The monoisotopic (exact) mass is 439 g/mol. The third-order valence-electron chi connectivity index (χ3n) is 5.39. The van der Waals surface area contributed by atoms with Crippen molar-refractivity contribution in [3.63, 3.8) is 0 Å². The maximum absolute atomic E-state index is 12.7. The summed E-state index contributed by atoms with van der Waals surface area (Å²) in [5.41, 5.74) is -0.186. The first-order chi connectivity index (χ1) is 15.0. The Morgan fingerprint density at radius 1 is 1.12 bits per heavy atom. The maximum Gasteiger partial charge on any atom is 0.408 e. The summed E-state index contributed by atoms with van der Waals surface area (Å²) >= 11 is 0. The molecular formula is C24H29N3O5. The topological polar surface area (TPSA) is 98.8 Å². The van der Waals surface area contributed by atoms with Gasteiger partial charge in [0.2, 0.25) is 11.8 Å². The van der Waals surface area contributed by atoms with Gasteiger partial charge in [-0.15, -0.1) is 0 Å². The van der Waals surface area contributed by atoms with E-state index in [2.05, 4.69) is 29.5 Å². The number of amides is 2. The molecular weight excluding hydrogens is 410 g/mol. The third kappa shape index (κ3) is 4.64. The molecule has 8 nitrogen and oxygen atoms in total. The molecule has 32 heavy (non-hydrogen) atoms. The second-order valence-corrected chi connectivity index (χ2v) is 9.95. The summed E-state index contributed by atoms with van der Waals surface area (Å²) in [7, 11) is 0. The lowest BCUT2D eigenvalue weighted by Gasteiger charge is -2.23. The number of benzene rings is 1. The lowest BCUT2D eigenvalue weighted by atomic mass is 9.86. The molecule has 8 heteroatoms. The van der Waals surface area contributed by atoms with Crippen LogP contribution in [0.4, 0.5) is 10.5 Å². The van der Waals surface area contributed by atoms with Crippen LogP contribution in [0.15, 0.2) is 36.5 Å². The van der Waals surface area contributed by atoms with Crippen LogP contribution >= 0.6 is 0 Å². The molecule has 0 bridgehead atoms. The molecule has 1 aromatic heterocycles. The van der Waals surface area contributed by atoms with E-state index < -0.39 is 17.2 Å². The van der Waals surface area contributed by atoms with Gasteiger partial charge in [-0.1, -0.05) is 19.9 Å². The summed E-state index contributed by atoms with van der Waals surface area (Å²) in [4.78, 5) is 29.1. The van der Waals surface area contributed by atoms with Gasteiger partial charge in [-0.3, -0.25) is 4.79 Å². The molecule has 1 aromatic carbocycles. The molecule has 1 aliphatic heterocycles. The fraction of sp³-hybridized carbons (Fsp3) is 0.458. The molecule has 2 N–H and O–H groups in total. The van der Waals surface area contributed by atoms with E-state index in [0.29, 0.717) is 36.8 Å². The maximum atomic E-state index is 12.7. The Kier molecular flexibility index (Phi) is 5.27. The molecule has 0 spiro atoms. The quantitative estimate of drug-likeness (QED) is 0.710. The van der Waals surface area contributed by atoms with Crippen molar-refractivity contribution in [3.8, 4) is 17.4 Å². The normalized spacial score (nSPS) is 17.5. The lowest BCUT2D eigenvalue weighted by Crippen LogP contribution is -2.47. The number of hydrogen-bond acceptors (Lipinski definition) is 6. The molecule has 0 unspecified atom stereocenters. The summed E-state index contributed by atoms with van der Waals surface area (Å²) in [6.45, 7) is 10.1. The summed E-state index contributed by atoms with van der Waals surface area (Å²) < 4.78 is 17.0. The largest absolute Gasteiger partial charge is 0.492 e. The van der Waals surface area contributed by atoms with Crippen LogP contribution in [0.5, 0.6) is 17.4 Å². The molecule has 4 rings (SSSR count). The summed E-state index contributed by atoms with van der Waals surface area (Å²) in [5, 5.41) is 5.50. The zero-order valence-electron chi connectivity index (χ0n) is 19.1. The first kappa shape index (κ1) is 21.9. The molecule has 0 saturated heterocycles. The predicted octanol–water partition coefficient (Wildman–Crippen LogP) is 4.54. The van der Waals surface area contributed by atoms with Crippen LogP contribution in [0.3, 0.4) is 0 Å². The van der Waals surface area contributed by atoms with E-state index in [0.717, 1.165) is 11.3 Å². The molecule has 170 valence electrons. The SMILES string of the molecule is CC(C)(C)OC(=O)NC1(C(=O)Nc2ccc(Oc3cccc4c3C(C)(C)CO4)nc2)CC1. The number of fused-ring (bicyclic) bond motifs is 1. The Balaban J connectivity index is 1.40. The first-order valence-corrected chi connectivity index (χ1v) is 10.7. The van der Waals surface area contributed by atoms with Crippen LogP contribution in [-0.4, -0.2) is 34.7 Å². The summed E-state index contributed by atoms with van der Waals surface area (Å²) in [5.74, 6) is 1.64. The van der Waals surface area contributed by atoms with Crippen molar-refractivity contribution < 1.29 is 23.8 Å². The van der Waals surface area contributed by atoms with Crippen molar-refractivity contribution in [1.29, 1.82) is 0 Å². The molecule has 2 aliphatic rings. The van der Waals surface area contributed by atoms with Gasteiger partial charge in [-0.25, -0.2) is 9.78 Å². The highest BCUT2D eigenvalue weighted by Gasteiger charge is 2.52. The number of rotatable bonds is 5.